The van der Waals surface area contributed by atoms with E-state index >= 15 is 0 Å². The van der Waals surface area contributed by atoms with Gasteiger partial charge in [0.2, 0.25) is 0 Å². The van der Waals surface area contributed by atoms with Crippen LogP contribution in [0.5, 0.6) is 0 Å². The molecule has 1 aliphatic heterocycles. The Balaban J connectivity index is 2.48. The molecule has 12 heavy (non-hydrogen) atoms. The molecule has 70 valence electrons. The second kappa shape index (κ2) is 4.33. The zero-order valence-electron chi connectivity index (χ0n) is 7.62. The molecule has 0 unspecified atom stereocenters. The molecule has 0 saturated carbocycles. The second-order valence-electron chi connectivity index (χ2n) is 3.41. The lowest BCUT2D eigenvalue weighted by Crippen LogP contribution is -2.42. The van der Waals surface area contributed by atoms with Gasteiger partial charge in [0.25, 0.3) is 0 Å². The van der Waals surface area contributed by atoms with E-state index in [1.807, 2.05) is 0 Å². The lowest BCUT2D eigenvalue weighted by Gasteiger charge is -2.33. The van der Waals surface area contributed by atoms with Crippen LogP contribution in [0.2, 0.25) is 0 Å². The van der Waals surface area contributed by atoms with Crippen LogP contribution >= 0.6 is 0 Å². The summed E-state index contributed by atoms with van der Waals surface area (Å²) in [6.07, 6.45) is 4.63. The number of hydrogen-bond donors (Lipinski definition) is 1. The van der Waals surface area contributed by atoms with E-state index in [0.717, 1.165) is 32.2 Å². The Kier molecular flexibility index (Phi) is 3.38. The van der Waals surface area contributed by atoms with E-state index in [4.69, 9.17) is 5.11 Å². The number of rotatable bonds is 2. The van der Waals surface area contributed by atoms with Crippen LogP contribution in [0.3, 0.4) is 0 Å². The van der Waals surface area contributed by atoms with E-state index in [-0.39, 0.29) is 0 Å². The molecule has 1 N–H and O–H groups in total. The summed E-state index contributed by atoms with van der Waals surface area (Å²) in [7, 11) is 0. The molecule has 0 aromatic heterocycles. The Morgan fingerprint density at radius 3 is 2.92 bits per heavy atom. The average molecular weight is 171 g/mol. The number of carbonyl (C=O) groups is 1. The SMILES string of the molecule is CCC[C@H]1CCCCN1C(=O)O. The molecular weight excluding hydrogens is 154 g/mol. The molecule has 0 aromatic carbocycles. The number of carboxylic acid groups (broad SMARTS) is 1. The van der Waals surface area contributed by atoms with Crippen LogP contribution in [-0.4, -0.2) is 28.7 Å². The maximum Gasteiger partial charge on any atom is 0.407 e. The second-order valence-corrected chi connectivity index (χ2v) is 3.41. The van der Waals surface area contributed by atoms with Crippen molar-refractivity contribution in [1.82, 2.24) is 4.90 Å². The van der Waals surface area contributed by atoms with E-state index in [1.165, 1.54) is 6.42 Å². The molecular formula is C9H17NO2. The van der Waals surface area contributed by atoms with Crippen molar-refractivity contribution >= 4 is 6.09 Å². The van der Waals surface area contributed by atoms with E-state index in [9.17, 15) is 4.79 Å². The van der Waals surface area contributed by atoms with Crippen molar-refractivity contribution in [3.05, 3.63) is 0 Å². The van der Waals surface area contributed by atoms with Crippen LogP contribution in [0.1, 0.15) is 39.0 Å². The summed E-state index contributed by atoms with van der Waals surface area (Å²) in [5.41, 5.74) is 0. The summed E-state index contributed by atoms with van der Waals surface area (Å²) < 4.78 is 0. The fraction of sp³-hybridized carbons (Fsp3) is 0.889. The summed E-state index contributed by atoms with van der Waals surface area (Å²) in [4.78, 5) is 12.4. The van der Waals surface area contributed by atoms with Gasteiger partial charge in [-0.1, -0.05) is 13.3 Å². The van der Waals surface area contributed by atoms with Crippen LogP contribution < -0.4 is 0 Å². The maximum absolute atomic E-state index is 10.8. The Labute approximate surface area is 73.4 Å². The third-order valence-electron chi connectivity index (χ3n) is 2.49. The van der Waals surface area contributed by atoms with Crippen LogP contribution in [0, 0.1) is 0 Å². The molecule has 1 fully saturated rings. The minimum absolute atomic E-state index is 0.293. The molecule has 0 radical (unpaired) electrons. The van der Waals surface area contributed by atoms with Crippen LogP contribution in [0.25, 0.3) is 0 Å². The fourth-order valence-corrected chi connectivity index (χ4v) is 1.89. The number of nitrogens with zero attached hydrogens (tertiary/aromatic N) is 1. The smallest absolute Gasteiger partial charge is 0.407 e. The molecule has 0 aromatic rings. The van der Waals surface area contributed by atoms with Gasteiger partial charge in [0, 0.05) is 12.6 Å². The van der Waals surface area contributed by atoms with Crippen LogP contribution in [0.15, 0.2) is 0 Å². The van der Waals surface area contributed by atoms with Crippen molar-refractivity contribution in [3.8, 4) is 0 Å². The van der Waals surface area contributed by atoms with Gasteiger partial charge in [0.15, 0.2) is 0 Å². The Morgan fingerprint density at radius 1 is 1.58 bits per heavy atom. The average Bonchev–Trinajstić information content (AvgIpc) is 2.05. The monoisotopic (exact) mass is 171 g/mol. The van der Waals surface area contributed by atoms with Gasteiger partial charge in [0.1, 0.15) is 0 Å². The van der Waals surface area contributed by atoms with E-state index < -0.39 is 6.09 Å². The Morgan fingerprint density at radius 2 is 2.33 bits per heavy atom. The van der Waals surface area contributed by atoms with Crippen molar-refractivity contribution in [2.24, 2.45) is 0 Å². The normalized spacial score (nSPS) is 24.1. The van der Waals surface area contributed by atoms with Gasteiger partial charge in [0.05, 0.1) is 0 Å². The molecule has 1 saturated heterocycles. The number of likely N-dealkylation sites (tertiary alicyclic amines) is 1. The van der Waals surface area contributed by atoms with E-state index in [2.05, 4.69) is 6.92 Å². The number of hydrogen-bond acceptors (Lipinski definition) is 1. The van der Waals surface area contributed by atoms with Gasteiger partial charge >= 0.3 is 6.09 Å². The van der Waals surface area contributed by atoms with E-state index in [0.29, 0.717) is 6.04 Å². The Bertz CT molecular complexity index is 157. The highest BCUT2D eigenvalue weighted by atomic mass is 16.4. The molecule has 0 bridgehead atoms. The summed E-state index contributed by atoms with van der Waals surface area (Å²) in [5.74, 6) is 0. The lowest BCUT2D eigenvalue weighted by molar-refractivity contribution is 0.103. The zero-order valence-corrected chi connectivity index (χ0v) is 7.62. The summed E-state index contributed by atoms with van der Waals surface area (Å²) >= 11 is 0. The van der Waals surface area contributed by atoms with Crippen LogP contribution in [0.4, 0.5) is 4.79 Å². The fourth-order valence-electron chi connectivity index (χ4n) is 1.89. The molecule has 3 nitrogen and oxygen atoms in total. The quantitative estimate of drug-likeness (QED) is 0.692. The van der Waals surface area contributed by atoms with E-state index in [1.54, 1.807) is 4.90 Å². The molecule has 1 rings (SSSR count). The Hall–Kier alpha value is -0.730. The first-order valence-corrected chi connectivity index (χ1v) is 4.75. The third kappa shape index (κ3) is 2.13. The molecule has 0 aliphatic carbocycles. The third-order valence-corrected chi connectivity index (χ3v) is 2.49. The lowest BCUT2D eigenvalue weighted by atomic mass is 9.99. The summed E-state index contributed by atoms with van der Waals surface area (Å²) in [6, 6.07) is 0.293. The topological polar surface area (TPSA) is 40.5 Å². The van der Waals surface area contributed by atoms with Gasteiger partial charge in [-0.2, -0.15) is 0 Å². The predicted octanol–water partition coefficient (Wildman–Crippen LogP) is 2.32. The molecule has 1 heterocycles. The molecule has 1 atom stereocenters. The molecule has 1 aliphatic rings. The van der Waals surface area contributed by atoms with Crippen molar-refractivity contribution in [2.45, 2.75) is 45.1 Å². The summed E-state index contributed by atoms with van der Waals surface area (Å²) in [5, 5.41) is 8.86. The van der Waals surface area contributed by atoms with Gasteiger partial charge in [-0.3, -0.25) is 0 Å². The zero-order chi connectivity index (χ0) is 8.97. The minimum Gasteiger partial charge on any atom is -0.465 e. The number of piperidine rings is 1. The van der Waals surface area contributed by atoms with Crippen molar-refractivity contribution < 1.29 is 9.90 Å². The van der Waals surface area contributed by atoms with Crippen molar-refractivity contribution in [3.63, 3.8) is 0 Å². The minimum atomic E-state index is -0.742. The van der Waals surface area contributed by atoms with Gasteiger partial charge < -0.3 is 10.0 Å². The highest BCUT2D eigenvalue weighted by molar-refractivity contribution is 5.65. The maximum atomic E-state index is 10.8. The van der Waals surface area contributed by atoms with Crippen molar-refractivity contribution in [1.29, 1.82) is 0 Å². The molecule has 1 amide bonds. The standard InChI is InChI=1S/C9H17NO2/c1-2-5-8-6-3-4-7-10(8)9(11)12/h8H,2-7H2,1H3,(H,11,12)/t8-/m0/s1. The first-order chi connectivity index (χ1) is 5.75. The largest absolute Gasteiger partial charge is 0.465 e. The van der Waals surface area contributed by atoms with Crippen molar-refractivity contribution in [2.75, 3.05) is 6.54 Å². The highest BCUT2D eigenvalue weighted by Crippen LogP contribution is 2.20. The predicted molar refractivity (Wildman–Crippen MR) is 47.3 cm³/mol. The van der Waals surface area contributed by atoms with Gasteiger partial charge in [-0.15, -0.1) is 0 Å². The highest BCUT2D eigenvalue weighted by Gasteiger charge is 2.24. The molecule has 3 heteroatoms. The van der Waals surface area contributed by atoms with Crippen LogP contribution in [-0.2, 0) is 0 Å². The number of amides is 1. The molecule has 0 spiro atoms. The van der Waals surface area contributed by atoms with Gasteiger partial charge in [-0.05, 0) is 25.7 Å². The first-order valence-electron chi connectivity index (χ1n) is 4.75. The first kappa shape index (κ1) is 9.36. The van der Waals surface area contributed by atoms with Gasteiger partial charge in [-0.25, -0.2) is 4.79 Å². The summed E-state index contributed by atoms with van der Waals surface area (Å²) in [6.45, 7) is 2.84.